The zero-order valence-corrected chi connectivity index (χ0v) is 14.9. The van der Waals surface area contributed by atoms with Crippen molar-refractivity contribution in [2.45, 2.75) is 57.6 Å². The Bertz CT molecular complexity index is 614. The van der Waals surface area contributed by atoms with Crippen molar-refractivity contribution in [3.05, 3.63) is 35.4 Å². The van der Waals surface area contributed by atoms with Crippen molar-refractivity contribution in [1.82, 2.24) is 10.2 Å². The zero-order valence-electron chi connectivity index (χ0n) is 14.9. The topological polar surface area (TPSA) is 69.6 Å². The predicted molar refractivity (Wildman–Crippen MR) is 96.2 cm³/mol. The summed E-state index contributed by atoms with van der Waals surface area (Å²) in [5, 5.41) is 13.1. The van der Waals surface area contributed by atoms with Gasteiger partial charge in [-0.25, -0.2) is 0 Å². The van der Waals surface area contributed by atoms with Gasteiger partial charge in [-0.3, -0.25) is 9.59 Å². The number of likely N-dealkylation sites (tertiary alicyclic amines) is 1. The van der Waals surface area contributed by atoms with Gasteiger partial charge in [0, 0.05) is 18.7 Å². The second-order valence-electron chi connectivity index (χ2n) is 7.42. The molecule has 2 amide bonds. The minimum Gasteiger partial charge on any atom is -0.391 e. The first kappa shape index (κ1) is 17.9. The molecule has 1 heterocycles. The Morgan fingerprint density at radius 1 is 1.08 bits per heavy atom. The van der Waals surface area contributed by atoms with Crippen LogP contribution in [0.4, 0.5) is 0 Å². The van der Waals surface area contributed by atoms with E-state index in [0.29, 0.717) is 18.7 Å². The number of carbonyl (C=O) groups is 2. The van der Waals surface area contributed by atoms with Crippen LogP contribution < -0.4 is 5.32 Å². The first-order valence-electron chi connectivity index (χ1n) is 9.39. The summed E-state index contributed by atoms with van der Waals surface area (Å²) in [4.78, 5) is 27.1. The molecule has 2 fully saturated rings. The largest absolute Gasteiger partial charge is 0.391 e. The fraction of sp³-hybridized carbons (Fsp3) is 0.600. The van der Waals surface area contributed by atoms with Crippen molar-refractivity contribution in [1.29, 1.82) is 0 Å². The van der Waals surface area contributed by atoms with E-state index in [1.807, 2.05) is 31.2 Å². The molecule has 0 bridgehead atoms. The molecule has 3 rings (SSSR count). The molecule has 3 atom stereocenters. The normalized spacial score (nSPS) is 27.0. The third kappa shape index (κ3) is 4.40. The Labute approximate surface area is 149 Å². The highest BCUT2D eigenvalue weighted by Gasteiger charge is 2.32. The lowest BCUT2D eigenvalue weighted by atomic mass is 9.91. The highest BCUT2D eigenvalue weighted by molar-refractivity contribution is 5.94. The number of hydrogen-bond acceptors (Lipinski definition) is 3. The maximum absolute atomic E-state index is 12.7. The average Bonchev–Trinajstić information content (AvgIpc) is 2.64. The van der Waals surface area contributed by atoms with Crippen LogP contribution in [0.25, 0.3) is 0 Å². The van der Waals surface area contributed by atoms with E-state index in [-0.39, 0.29) is 23.8 Å². The van der Waals surface area contributed by atoms with Crippen LogP contribution in [0.1, 0.15) is 54.4 Å². The number of rotatable bonds is 3. The first-order valence-corrected chi connectivity index (χ1v) is 9.39. The van der Waals surface area contributed by atoms with Gasteiger partial charge in [0.25, 0.3) is 5.91 Å². The summed E-state index contributed by atoms with van der Waals surface area (Å²) in [7, 11) is 0. The summed E-state index contributed by atoms with van der Waals surface area (Å²) >= 11 is 0. The molecule has 2 aliphatic rings. The standard InChI is InChI=1S/C20H28N2O3/c1-14-8-10-15(11-9-14)20(25)22-12-4-5-16(13-22)19(24)21-17-6-2-3-7-18(17)23/h8-11,16-18,23H,2-7,12-13H2,1H3,(H,21,24). The quantitative estimate of drug-likeness (QED) is 0.884. The smallest absolute Gasteiger partial charge is 0.253 e. The van der Waals surface area contributed by atoms with Crippen LogP contribution in [0.15, 0.2) is 24.3 Å². The van der Waals surface area contributed by atoms with E-state index in [1.165, 1.54) is 0 Å². The van der Waals surface area contributed by atoms with E-state index >= 15 is 0 Å². The molecule has 2 N–H and O–H groups in total. The lowest BCUT2D eigenvalue weighted by Crippen LogP contribution is -2.51. The molecule has 1 aliphatic heterocycles. The molecule has 5 nitrogen and oxygen atoms in total. The van der Waals surface area contributed by atoms with Crippen LogP contribution in [0.3, 0.4) is 0 Å². The van der Waals surface area contributed by atoms with Crippen molar-refractivity contribution in [3.63, 3.8) is 0 Å². The van der Waals surface area contributed by atoms with E-state index in [0.717, 1.165) is 44.1 Å². The first-order chi connectivity index (χ1) is 12.0. The van der Waals surface area contributed by atoms with Gasteiger partial charge in [-0.1, -0.05) is 30.5 Å². The molecule has 1 aromatic carbocycles. The molecule has 1 aliphatic carbocycles. The molecule has 3 unspecified atom stereocenters. The van der Waals surface area contributed by atoms with Crippen LogP contribution >= 0.6 is 0 Å². The van der Waals surface area contributed by atoms with Crippen molar-refractivity contribution < 1.29 is 14.7 Å². The van der Waals surface area contributed by atoms with Crippen molar-refractivity contribution in [3.8, 4) is 0 Å². The lowest BCUT2D eigenvalue weighted by molar-refractivity contribution is -0.128. The third-order valence-electron chi connectivity index (χ3n) is 5.44. The Morgan fingerprint density at radius 3 is 2.52 bits per heavy atom. The number of nitrogens with zero attached hydrogens (tertiary/aromatic N) is 1. The highest BCUT2D eigenvalue weighted by atomic mass is 16.3. The number of carbonyl (C=O) groups excluding carboxylic acids is 2. The maximum Gasteiger partial charge on any atom is 0.253 e. The molecular formula is C20H28N2O3. The van der Waals surface area contributed by atoms with Crippen LogP contribution in [0.2, 0.25) is 0 Å². The number of nitrogens with one attached hydrogen (secondary N) is 1. The van der Waals surface area contributed by atoms with Gasteiger partial charge in [0.15, 0.2) is 0 Å². The number of benzene rings is 1. The summed E-state index contributed by atoms with van der Waals surface area (Å²) in [6.07, 6.45) is 4.86. The number of hydrogen-bond donors (Lipinski definition) is 2. The minimum atomic E-state index is -0.438. The molecule has 1 aromatic rings. The molecule has 0 radical (unpaired) electrons. The average molecular weight is 344 g/mol. The summed E-state index contributed by atoms with van der Waals surface area (Å²) in [5.41, 5.74) is 1.80. The second-order valence-corrected chi connectivity index (χ2v) is 7.42. The fourth-order valence-electron chi connectivity index (χ4n) is 3.83. The lowest BCUT2D eigenvalue weighted by Gasteiger charge is -2.34. The van der Waals surface area contributed by atoms with Gasteiger partial charge in [0.2, 0.25) is 5.91 Å². The molecule has 0 spiro atoms. The fourth-order valence-corrected chi connectivity index (χ4v) is 3.83. The summed E-state index contributed by atoms with van der Waals surface area (Å²) in [6.45, 7) is 3.15. The SMILES string of the molecule is Cc1ccc(C(=O)N2CCCC(C(=O)NC3CCCCC3O)C2)cc1. The summed E-state index contributed by atoms with van der Waals surface area (Å²) in [6, 6.07) is 7.43. The van der Waals surface area contributed by atoms with E-state index in [1.54, 1.807) is 4.90 Å². The molecule has 0 aromatic heterocycles. The van der Waals surface area contributed by atoms with Gasteiger partial charge in [-0.15, -0.1) is 0 Å². The van der Waals surface area contributed by atoms with Gasteiger partial charge in [-0.2, -0.15) is 0 Å². The molecule has 25 heavy (non-hydrogen) atoms. The van der Waals surface area contributed by atoms with E-state index < -0.39 is 6.10 Å². The maximum atomic E-state index is 12.7. The van der Waals surface area contributed by atoms with Gasteiger partial charge >= 0.3 is 0 Å². The van der Waals surface area contributed by atoms with Crippen molar-refractivity contribution in [2.75, 3.05) is 13.1 Å². The molecule has 1 saturated heterocycles. The van der Waals surface area contributed by atoms with Crippen LogP contribution in [0, 0.1) is 12.8 Å². The predicted octanol–water partition coefficient (Wildman–Crippen LogP) is 2.27. The number of amides is 2. The van der Waals surface area contributed by atoms with Crippen molar-refractivity contribution in [2.24, 2.45) is 5.92 Å². The highest BCUT2D eigenvalue weighted by Crippen LogP contribution is 2.22. The van der Waals surface area contributed by atoms with Crippen LogP contribution in [-0.4, -0.2) is 47.1 Å². The van der Waals surface area contributed by atoms with Crippen LogP contribution in [0.5, 0.6) is 0 Å². The zero-order chi connectivity index (χ0) is 17.8. The van der Waals surface area contributed by atoms with Gasteiger partial charge in [-0.05, 0) is 44.7 Å². The van der Waals surface area contributed by atoms with Gasteiger partial charge in [0.05, 0.1) is 18.1 Å². The monoisotopic (exact) mass is 344 g/mol. The number of aliphatic hydroxyl groups excluding tert-OH is 1. The summed E-state index contributed by atoms with van der Waals surface area (Å²) in [5.74, 6) is -0.208. The minimum absolute atomic E-state index is 0.00444. The molecule has 136 valence electrons. The molecule has 1 saturated carbocycles. The Morgan fingerprint density at radius 2 is 1.80 bits per heavy atom. The second kappa shape index (κ2) is 8.00. The number of aryl methyl sites for hydroxylation is 1. The van der Waals surface area contributed by atoms with E-state index in [9.17, 15) is 14.7 Å². The van der Waals surface area contributed by atoms with Gasteiger partial charge in [0.1, 0.15) is 0 Å². The Kier molecular flexibility index (Phi) is 5.74. The van der Waals surface area contributed by atoms with E-state index in [2.05, 4.69) is 5.32 Å². The van der Waals surface area contributed by atoms with Gasteiger partial charge < -0.3 is 15.3 Å². The van der Waals surface area contributed by atoms with E-state index in [4.69, 9.17) is 0 Å². The number of piperidine rings is 1. The Hall–Kier alpha value is -1.88. The molecular weight excluding hydrogens is 316 g/mol. The Balaban J connectivity index is 1.59. The summed E-state index contributed by atoms with van der Waals surface area (Å²) < 4.78 is 0. The van der Waals surface area contributed by atoms with Crippen molar-refractivity contribution >= 4 is 11.8 Å². The van der Waals surface area contributed by atoms with Crippen LogP contribution in [-0.2, 0) is 4.79 Å². The third-order valence-corrected chi connectivity index (χ3v) is 5.44. The number of aliphatic hydroxyl groups is 1. The molecule has 5 heteroatoms.